The number of hydrogen-bond acceptors (Lipinski definition) is 2. The third-order valence-electron chi connectivity index (χ3n) is 12.2. The van der Waals surface area contributed by atoms with Crippen LogP contribution in [-0.2, 0) is 5.41 Å². The van der Waals surface area contributed by atoms with Gasteiger partial charge in [-0.3, -0.25) is 0 Å². The predicted octanol–water partition coefficient (Wildman–Crippen LogP) is 14.4. The van der Waals surface area contributed by atoms with Gasteiger partial charge in [0.2, 0.25) is 0 Å². The standard InChI is InChI=1S/C53H39NO/c1-53(2)48-13-7-5-11-45(48)47-33-43(27-29-49(47)53)54(41-23-17-35(18-24-41)38-16-15-34-9-3-4-10-37(34)31-38)42-25-19-36(20-26-42)39-21-28-44-40(32-39)22-30-51-52(44)46-12-6-8-14-50(46)55-51/h3-23,25-33,41H,24H2,1-2H3. The Morgan fingerprint density at radius 2 is 1.24 bits per heavy atom. The number of fused-ring (bicyclic) bond motifs is 9. The third-order valence-corrected chi connectivity index (χ3v) is 12.2. The largest absolute Gasteiger partial charge is 0.456 e. The van der Waals surface area contributed by atoms with Crippen LogP contribution in [-0.4, -0.2) is 6.04 Å². The number of anilines is 2. The van der Waals surface area contributed by atoms with Gasteiger partial charge in [0.15, 0.2) is 0 Å². The summed E-state index contributed by atoms with van der Waals surface area (Å²) in [6, 6.07) is 60.2. The van der Waals surface area contributed by atoms with Crippen LogP contribution in [0.2, 0.25) is 0 Å². The van der Waals surface area contributed by atoms with E-state index in [9.17, 15) is 0 Å². The lowest BCUT2D eigenvalue weighted by Gasteiger charge is -2.34. The van der Waals surface area contributed by atoms with E-state index < -0.39 is 0 Å². The van der Waals surface area contributed by atoms with E-state index in [0.717, 1.165) is 23.0 Å². The van der Waals surface area contributed by atoms with Gasteiger partial charge >= 0.3 is 0 Å². The first kappa shape index (κ1) is 31.8. The van der Waals surface area contributed by atoms with Gasteiger partial charge in [0, 0.05) is 27.6 Å². The summed E-state index contributed by atoms with van der Waals surface area (Å²) in [5, 5.41) is 7.32. The lowest BCUT2D eigenvalue weighted by atomic mass is 9.82. The summed E-state index contributed by atoms with van der Waals surface area (Å²) >= 11 is 0. The van der Waals surface area contributed by atoms with Crippen molar-refractivity contribution in [3.8, 4) is 22.3 Å². The molecule has 0 aliphatic heterocycles. The van der Waals surface area contributed by atoms with Crippen LogP contribution in [0, 0.1) is 0 Å². The second kappa shape index (κ2) is 12.2. The molecule has 9 aromatic rings. The first-order valence-corrected chi connectivity index (χ1v) is 19.4. The quantitative estimate of drug-likeness (QED) is 0.177. The first-order valence-electron chi connectivity index (χ1n) is 19.4. The maximum atomic E-state index is 6.18. The maximum absolute atomic E-state index is 6.18. The van der Waals surface area contributed by atoms with E-state index >= 15 is 0 Å². The van der Waals surface area contributed by atoms with Gasteiger partial charge in [-0.15, -0.1) is 0 Å². The average molecular weight is 706 g/mol. The fourth-order valence-electron chi connectivity index (χ4n) is 9.32. The molecule has 1 aromatic heterocycles. The number of benzene rings is 8. The molecule has 262 valence electrons. The van der Waals surface area contributed by atoms with Gasteiger partial charge in [-0.2, -0.15) is 0 Å². The lowest BCUT2D eigenvalue weighted by molar-refractivity contribution is 0.660. The molecule has 55 heavy (non-hydrogen) atoms. The van der Waals surface area contributed by atoms with Crippen molar-refractivity contribution in [3.63, 3.8) is 0 Å². The summed E-state index contributed by atoms with van der Waals surface area (Å²) in [5.74, 6) is 0. The van der Waals surface area contributed by atoms with Gasteiger partial charge in [-0.25, -0.2) is 0 Å². The van der Waals surface area contributed by atoms with Gasteiger partial charge in [0.05, 0.1) is 6.04 Å². The average Bonchev–Trinajstić information content (AvgIpc) is 3.73. The molecule has 2 heteroatoms. The molecule has 2 aliphatic carbocycles. The number of hydrogen-bond donors (Lipinski definition) is 0. The minimum Gasteiger partial charge on any atom is -0.456 e. The summed E-state index contributed by atoms with van der Waals surface area (Å²) in [5.41, 5.74) is 14.6. The number of furan rings is 1. The lowest BCUT2D eigenvalue weighted by Crippen LogP contribution is -2.30. The molecule has 0 saturated carbocycles. The van der Waals surface area contributed by atoms with Crippen LogP contribution >= 0.6 is 0 Å². The molecule has 0 fully saturated rings. The molecule has 0 radical (unpaired) electrons. The molecule has 0 saturated heterocycles. The Hall–Kier alpha value is -6.64. The highest BCUT2D eigenvalue weighted by molar-refractivity contribution is 6.19. The fraction of sp³-hybridized carbons (Fsp3) is 0.0943. The molecule has 0 amide bonds. The van der Waals surface area contributed by atoms with Crippen LogP contribution < -0.4 is 4.90 Å². The van der Waals surface area contributed by atoms with Crippen molar-refractivity contribution in [2.45, 2.75) is 31.7 Å². The van der Waals surface area contributed by atoms with Crippen LogP contribution in [0.1, 0.15) is 37.0 Å². The Morgan fingerprint density at radius 3 is 2.11 bits per heavy atom. The Bertz CT molecular complexity index is 3050. The van der Waals surface area contributed by atoms with E-state index in [1.165, 1.54) is 82.8 Å². The molecule has 11 rings (SSSR count). The van der Waals surface area contributed by atoms with Gasteiger partial charge in [-0.1, -0.05) is 147 Å². The highest BCUT2D eigenvalue weighted by Gasteiger charge is 2.36. The van der Waals surface area contributed by atoms with Gasteiger partial charge in [-0.05, 0) is 121 Å². The second-order valence-corrected chi connectivity index (χ2v) is 15.7. The molecule has 2 nitrogen and oxygen atoms in total. The van der Waals surface area contributed by atoms with Crippen molar-refractivity contribution in [1.82, 2.24) is 0 Å². The summed E-state index contributed by atoms with van der Waals surface area (Å²) in [4.78, 5) is 2.53. The second-order valence-electron chi connectivity index (χ2n) is 15.7. The topological polar surface area (TPSA) is 16.4 Å². The van der Waals surface area contributed by atoms with E-state index in [-0.39, 0.29) is 11.5 Å². The predicted molar refractivity (Wildman–Crippen MR) is 232 cm³/mol. The highest BCUT2D eigenvalue weighted by atomic mass is 16.3. The molecule has 0 bridgehead atoms. The van der Waals surface area contributed by atoms with Crippen molar-refractivity contribution in [2.75, 3.05) is 4.90 Å². The Balaban J connectivity index is 0.973. The summed E-state index contributed by atoms with van der Waals surface area (Å²) in [6.45, 7) is 4.70. The van der Waals surface area contributed by atoms with Crippen LogP contribution in [0.3, 0.4) is 0 Å². The first-order chi connectivity index (χ1) is 27.0. The molecule has 1 unspecified atom stereocenters. The fourth-order valence-corrected chi connectivity index (χ4v) is 9.32. The minimum atomic E-state index is -0.0322. The monoisotopic (exact) mass is 705 g/mol. The third kappa shape index (κ3) is 5.09. The van der Waals surface area contributed by atoms with E-state index in [1.54, 1.807) is 0 Å². The van der Waals surface area contributed by atoms with Crippen molar-refractivity contribution in [2.24, 2.45) is 0 Å². The van der Waals surface area contributed by atoms with E-state index in [4.69, 9.17) is 4.42 Å². The molecule has 0 spiro atoms. The molecule has 1 heterocycles. The smallest absolute Gasteiger partial charge is 0.136 e. The highest BCUT2D eigenvalue weighted by Crippen LogP contribution is 2.50. The van der Waals surface area contributed by atoms with Crippen LogP contribution in [0.5, 0.6) is 0 Å². The Morgan fingerprint density at radius 1 is 0.527 bits per heavy atom. The number of allylic oxidation sites excluding steroid dienone is 2. The van der Waals surface area contributed by atoms with E-state index in [0.29, 0.717) is 0 Å². The number of para-hydroxylation sites is 1. The SMILES string of the molecule is CC1(C)c2ccccc2-c2cc(N(c3ccc(-c4ccc5c(ccc6oc7ccccc7c65)c4)cc3)C3C=CC(c4ccc5ccccc5c4)=CC3)ccc21. The van der Waals surface area contributed by atoms with Gasteiger partial charge < -0.3 is 9.32 Å². The summed E-state index contributed by atoms with van der Waals surface area (Å²) in [6.07, 6.45) is 8.03. The van der Waals surface area contributed by atoms with Crippen molar-refractivity contribution < 1.29 is 4.42 Å². The zero-order valence-corrected chi connectivity index (χ0v) is 31.0. The number of nitrogens with zero attached hydrogens (tertiary/aromatic N) is 1. The van der Waals surface area contributed by atoms with Crippen LogP contribution in [0.25, 0.3) is 71.3 Å². The Kier molecular flexibility index (Phi) is 7.06. The van der Waals surface area contributed by atoms with Crippen molar-refractivity contribution in [3.05, 3.63) is 199 Å². The van der Waals surface area contributed by atoms with Crippen LogP contribution in [0.15, 0.2) is 186 Å². The van der Waals surface area contributed by atoms with Crippen LogP contribution in [0.4, 0.5) is 11.4 Å². The molecular formula is C53H39NO. The minimum absolute atomic E-state index is 0.0322. The maximum Gasteiger partial charge on any atom is 0.136 e. The normalized spacial score (nSPS) is 15.7. The molecule has 2 aliphatic rings. The van der Waals surface area contributed by atoms with Crippen molar-refractivity contribution >= 4 is 60.4 Å². The molecule has 0 N–H and O–H groups in total. The molecular weight excluding hydrogens is 667 g/mol. The van der Waals surface area contributed by atoms with E-state index in [2.05, 4.69) is 189 Å². The Labute approximate surface area is 321 Å². The van der Waals surface area contributed by atoms with Gasteiger partial charge in [0.25, 0.3) is 0 Å². The van der Waals surface area contributed by atoms with E-state index in [1.807, 2.05) is 12.1 Å². The summed E-state index contributed by atoms with van der Waals surface area (Å²) in [7, 11) is 0. The number of rotatable bonds is 5. The zero-order valence-electron chi connectivity index (χ0n) is 31.0. The molecule has 1 atom stereocenters. The van der Waals surface area contributed by atoms with Crippen molar-refractivity contribution in [1.29, 1.82) is 0 Å². The molecule has 8 aromatic carbocycles. The van der Waals surface area contributed by atoms with Gasteiger partial charge in [0.1, 0.15) is 11.2 Å². The summed E-state index contributed by atoms with van der Waals surface area (Å²) < 4.78 is 6.18. The zero-order chi connectivity index (χ0) is 36.7.